The Labute approximate surface area is 177 Å². The zero-order valence-corrected chi connectivity index (χ0v) is 16.4. The minimum atomic E-state index is -0.920. The van der Waals surface area contributed by atoms with Gasteiger partial charge in [0.1, 0.15) is 11.5 Å². The van der Waals surface area contributed by atoms with E-state index in [1.54, 1.807) is 42.5 Å². The zero-order valence-electron chi connectivity index (χ0n) is 14.9. The fourth-order valence-corrected chi connectivity index (χ4v) is 2.69. The van der Waals surface area contributed by atoms with Gasteiger partial charge in [-0.1, -0.05) is 47.5 Å². The number of benzene rings is 3. The number of rotatable bonds is 5. The Morgan fingerprint density at radius 2 is 1.55 bits per heavy atom. The van der Waals surface area contributed by atoms with Crippen LogP contribution in [0.15, 0.2) is 77.9 Å². The number of carbonyl (C=O) groups is 2. The molecule has 3 rings (SSSR count). The first-order chi connectivity index (χ1) is 14.0. The van der Waals surface area contributed by atoms with E-state index in [0.717, 1.165) is 0 Å². The van der Waals surface area contributed by atoms with Gasteiger partial charge in [-0.05, 0) is 48.5 Å². The molecule has 2 N–H and O–H groups in total. The van der Waals surface area contributed by atoms with Crippen LogP contribution in [0.1, 0.15) is 5.56 Å². The van der Waals surface area contributed by atoms with Crippen molar-refractivity contribution in [3.05, 3.63) is 88.4 Å². The molecule has 0 saturated carbocycles. The van der Waals surface area contributed by atoms with Crippen molar-refractivity contribution >= 4 is 46.9 Å². The standard InChI is InChI=1S/C21H15Cl2N3O3/c22-15-7-6-14(19(23)12-15)13-24-26-21(28)20(27)25-16-8-10-18(11-9-16)29-17-4-2-1-3-5-17/h1-13H,(H,25,27)(H,26,28)/b24-13-. The normalized spacial score (nSPS) is 10.6. The number of hydrazone groups is 1. The highest BCUT2D eigenvalue weighted by Gasteiger charge is 2.13. The van der Waals surface area contributed by atoms with Crippen LogP contribution in [0.4, 0.5) is 5.69 Å². The molecule has 0 aliphatic heterocycles. The molecule has 0 fully saturated rings. The number of amides is 2. The van der Waals surface area contributed by atoms with Crippen LogP contribution in [-0.2, 0) is 9.59 Å². The van der Waals surface area contributed by atoms with E-state index >= 15 is 0 Å². The van der Waals surface area contributed by atoms with E-state index in [4.69, 9.17) is 27.9 Å². The van der Waals surface area contributed by atoms with Crippen molar-refractivity contribution in [2.24, 2.45) is 5.10 Å². The van der Waals surface area contributed by atoms with E-state index in [0.29, 0.717) is 32.8 Å². The summed E-state index contributed by atoms with van der Waals surface area (Å²) in [6.45, 7) is 0. The molecular weight excluding hydrogens is 413 g/mol. The Kier molecular flexibility index (Phi) is 6.84. The summed E-state index contributed by atoms with van der Waals surface area (Å²) < 4.78 is 5.67. The molecule has 0 unspecified atom stereocenters. The van der Waals surface area contributed by atoms with Crippen LogP contribution in [-0.4, -0.2) is 18.0 Å². The third-order valence-electron chi connectivity index (χ3n) is 3.63. The second-order valence-corrected chi connectivity index (χ2v) is 6.60. The Morgan fingerprint density at radius 3 is 2.24 bits per heavy atom. The van der Waals surface area contributed by atoms with Crippen LogP contribution in [0.25, 0.3) is 0 Å². The molecule has 0 radical (unpaired) electrons. The summed E-state index contributed by atoms with van der Waals surface area (Å²) in [5.74, 6) is -0.484. The molecule has 0 aromatic heterocycles. The summed E-state index contributed by atoms with van der Waals surface area (Å²) in [4.78, 5) is 23.8. The molecule has 0 saturated heterocycles. The number of nitrogens with one attached hydrogen (secondary N) is 2. The number of nitrogens with zero attached hydrogens (tertiary/aromatic N) is 1. The van der Waals surface area contributed by atoms with E-state index in [2.05, 4.69) is 15.8 Å². The smallest absolute Gasteiger partial charge is 0.329 e. The van der Waals surface area contributed by atoms with E-state index in [1.165, 1.54) is 6.21 Å². The lowest BCUT2D eigenvalue weighted by atomic mass is 10.2. The predicted octanol–water partition coefficient (Wildman–Crippen LogP) is 4.87. The predicted molar refractivity (Wildman–Crippen MR) is 114 cm³/mol. The van der Waals surface area contributed by atoms with Gasteiger partial charge in [-0.3, -0.25) is 9.59 Å². The second kappa shape index (κ2) is 9.73. The quantitative estimate of drug-likeness (QED) is 0.346. The van der Waals surface area contributed by atoms with Gasteiger partial charge in [0.05, 0.1) is 11.2 Å². The molecule has 146 valence electrons. The Morgan fingerprint density at radius 1 is 0.862 bits per heavy atom. The average Bonchev–Trinajstić information content (AvgIpc) is 2.71. The second-order valence-electron chi connectivity index (χ2n) is 5.76. The Bertz CT molecular complexity index is 1040. The van der Waals surface area contributed by atoms with Crippen molar-refractivity contribution in [3.8, 4) is 11.5 Å². The SMILES string of the molecule is O=C(N/N=C\c1ccc(Cl)cc1Cl)C(=O)Nc1ccc(Oc2ccccc2)cc1. The fraction of sp³-hybridized carbons (Fsp3) is 0. The molecule has 0 heterocycles. The number of anilines is 1. The highest BCUT2D eigenvalue weighted by Crippen LogP contribution is 2.22. The fourth-order valence-electron chi connectivity index (χ4n) is 2.24. The van der Waals surface area contributed by atoms with E-state index in [-0.39, 0.29) is 0 Å². The lowest BCUT2D eigenvalue weighted by molar-refractivity contribution is -0.136. The minimum absolute atomic E-state index is 0.373. The molecule has 0 atom stereocenters. The van der Waals surface area contributed by atoms with Crippen molar-refractivity contribution in [1.82, 2.24) is 5.43 Å². The third-order valence-corrected chi connectivity index (χ3v) is 4.19. The summed E-state index contributed by atoms with van der Waals surface area (Å²) in [5.41, 5.74) is 3.13. The molecule has 6 nitrogen and oxygen atoms in total. The largest absolute Gasteiger partial charge is 0.457 e. The van der Waals surface area contributed by atoms with Gasteiger partial charge in [0.2, 0.25) is 0 Å². The van der Waals surface area contributed by atoms with E-state index in [1.807, 2.05) is 30.3 Å². The molecule has 8 heteroatoms. The molecule has 0 aliphatic rings. The molecule has 0 spiro atoms. The highest BCUT2D eigenvalue weighted by molar-refractivity contribution is 6.39. The number of ether oxygens (including phenoxy) is 1. The zero-order chi connectivity index (χ0) is 20.6. The minimum Gasteiger partial charge on any atom is -0.457 e. The lowest BCUT2D eigenvalue weighted by Gasteiger charge is -2.07. The van der Waals surface area contributed by atoms with Gasteiger partial charge in [0.25, 0.3) is 0 Å². The van der Waals surface area contributed by atoms with Crippen LogP contribution in [0.2, 0.25) is 10.0 Å². The molecule has 2 amide bonds. The maximum Gasteiger partial charge on any atom is 0.329 e. The topological polar surface area (TPSA) is 79.8 Å². The van der Waals surface area contributed by atoms with Gasteiger partial charge < -0.3 is 10.1 Å². The van der Waals surface area contributed by atoms with Crippen LogP contribution in [0.5, 0.6) is 11.5 Å². The van der Waals surface area contributed by atoms with Crippen LogP contribution >= 0.6 is 23.2 Å². The van der Waals surface area contributed by atoms with Crippen molar-refractivity contribution in [1.29, 1.82) is 0 Å². The lowest BCUT2D eigenvalue weighted by Crippen LogP contribution is -2.32. The third kappa shape index (κ3) is 6.07. The maximum absolute atomic E-state index is 12.0. The Balaban J connectivity index is 1.52. The first-order valence-corrected chi connectivity index (χ1v) is 9.19. The number of hydrogen-bond donors (Lipinski definition) is 2. The molecule has 29 heavy (non-hydrogen) atoms. The van der Waals surface area contributed by atoms with Crippen LogP contribution in [0.3, 0.4) is 0 Å². The maximum atomic E-state index is 12.0. The molecule has 3 aromatic rings. The summed E-state index contributed by atoms with van der Waals surface area (Å²) in [6.07, 6.45) is 1.32. The van der Waals surface area contributed by atoms with E-state index < -0.39 is 11.8 Å². The number of halogens is 2. The molecule has 3 aromatic carbocycles. The van der Waals surface area contributed by atoms with Gasteiger partial charge in [-0.15, -0.1) is 0 Å². The monoisotopic (exact) mass is 427 g/mol. The van der Waals surface area contributed by atoms with Crippen molar-refractivity contribution in [2.75, 3.05) is 5.32 Å². The summed E-state index contributed by atoms with van der Waals surface area (Å²) >= 11 is 11.8. The van der Waals surface area contributed by atoms with Gasteiger partial charge in [0.15, 0.2) is 0 Å². The first-order valence-electron chi connectivity index (χ1n) is 8.44. The van der Waals surface area contributed by atoms with Gasteiger partial charge >= 0.3 is 11.8 Å². The Hall–Kier alpha value is -3.35. The molecule has 0 bridgehead atoms. The number of hydrogen-bond acceptors (Lipinski definition) is 4. The number of para-hydroxylation sites is 1. The average molecular weight is 428 g/mol. The highest BCUT2D eigenvalue weighted by atomic mass is 35.5. The molecular formula is C21H15Cl2N3O3. The van der Waals surface area contributed by atoms with Crippen molar-refractivity contribution in [2.45, 2.75) is 0 Å². The molecule has 0 aliphatic carbocycles. The van der Waals surface area contributed by atoms with Crippen LogP contribution in [0, 0.1) is 0 Å². The van der Waals surface area contributed by atoms with E-state index in [9.17, 15) is 9.59 Å². The van der Waals surface area contributed by atoms with Gasteiger partial charge in [-0.25, -0.2) is 5.43 Å². The van der Waals surface area contributed by atoms with Crippen molar-refractivity contribution < 1.29 is 14.3 Å². The summed E-state index contributed by atoms with van der Waals surface area (Å²) in [7, 11) is 0. The summed E-state index contributed by atoms with van der Waals surface area (Å²) in [5, 5.41) is 7.05. The summed E-state index contributed by atoms with van der Waals surface area (Å²) in [6, 6.07) is 20.7. The first kappa shape index (κ1) is 20.4. The van der Waals surface area contributed by atoms with Crippen LogP contribution < -0.4 is 15.5 Å². The van der Waals surface area contributed by atoms with Gasteiger partial charge in [-0.2, -0.15) is 5.10 Å². The number of carbonyl (C=O) groups excluding carboxylic acids is 2. The van der Waals surface area contributed by atoms with Crippen molar-refractivity contribution in [3.63, 3.8) is 0 Å². The van der Waals surface area contributed by atoms with Gasteiger partial charge in [0, 0.05) is 16.3 Å².